The smallest absolute Gasteiger partial charge is 0.399 e. The number of hydrogen-bond donors (Lipinski definition) is 0. The van der Waals surface area contributed by atoms with Gasteiger partial charge >= 0.3 is 7.12 Å². The van der Waals surface area contributed by atoms with E-state index in [1.807, 2.05) is 0 Å². The van der Waals surface area contributed by atoms with Gasteiger partial charge in [-0.15, -0.1) is 0 Å². The van der Waals surface area contributed by atoms with Crippen LogP contribution in [0.3, 0.4) is 0 Å². The molecule has 5 aromatic rings. The van der Waals surface area contributed by atoms with E-state index in [2.05, 4.69) is 117 Å². The monoisotopic (exact) mass is 419 g/mol. The minimum absolute atomic E-state index is 0.345. The van der Waals surface area contributed by atoms with Crippen molar-refractivity contribution in [1.82, 2.24) is 4.57 Å². The molecular formula is C28H26BNO2. The first-order chi connectivity index (χ1) is 15.4. The van der Waals surface area contributed by atoms with Crippen LogP contribution in [-0.2, 0) is 9.31 Å². The van der Waals surface area contributed by atoms with E-state index in [1.54, 1.807) is 0 Å². The summed E-state index contributed by atoms with van der Waals surface area (Å²) in [5, 5.41) is 5.05. The van der Waals surface area contributed by atoms with E-state index in [1.165, 1.54) is 32.6 Å². The molecule has 0 amide bonds. The Morgan fingerprint density at radius 1 is 0.625 bits per heavy atom. The van der Waals surface area contributed by atoms with Crippen molar-refractivity contribution in [3.8, 4) is 5.69 Å². The molecule has 1 aromatic heterocycles. The molecule has 0 radical (unpaired) electrons. The number of fused-ring (bicyclic) bond motifs is 5. The summed E-state index contributed by atoms with van der Waals surface area (Å²) in [5.41, 5.74) is 3.94. The van der Waals surface area contributed by atoms with E-state index in [-0.39, 0.29) is 18.3 Å². The van der Waals surface area contributed by atoms with Crippen molar-refractivity contribution in [2.24, 2.45) is 0 Å². The van der Waals surface area contributed by atoms with Gasteiger partial charge in [-0.3, -0.25) is 0 Å². The molecule has 4 aromatic carbocycles. The molecule has 0 spiro atoms. The van der Waals surface area contributed by atoms with Gasteiger partial charge in [-0.25, -0.2) is 0 Å². The van der Waals surface area contributed by atoms with Gasteiger partial charge in [-0.2, -0.15) is 0 Å². The van der Waals surface area contributed by atoms with Crippen molar-refractivity contribution in [3.05, 3.63) is 84.9 Å². The fourth-order valence-electron chi connectivity index (χ4n) is 4.76. The van der Waals surface area contributed by atoms with Crippen molar-refractivity contribution >= 4 is 45.2 Å². The molecule has 3 nitrogen and oxygen atoms in total. The van der Waals surface area contributed by atoms with Crippen LogP contribution in [-0.4, -0.2) is 22.9 Å². The highest BCUT2D eigenvalue weighted by Crippen LogP contribution is 2.38. The second-order valence-electron chi connectivity index (χ2n) is 9.72. The lowest BCUT2D eigenvalue weighted by Gasteiger charge is -2.32. The van der Waals surface area contributed by atoms with Crippen molar-refractivity contribution < 1.29 is 9.31 Å². The first kappa shape index (κ1) is 19.6. The molecule has 0 unspecified atom stereocenters. The fourth-order valence-corrected chi connectivity index (χ4v) is 4.76. The summed E-state index contributed by atoms with van der Waals surface area (Å²) in [7, 11) is -0.354. The Morgan fingerprint density at radius 3 is 1.97 bits per heavy atom. The van der Waals surface area contributed by atoms with Crippen LogP contribution >= 0.6 is 0 Å². The second-order valence-corrected chi connectivity index (χ2v) is 9.72. The molecule has 1 aliphatic rings. The summed E-state index contributed by atoms with van der Waals surface area (Å²) in [5.74, 6) is 0. The molecule has 0 bridgehead atoms. The zero-order valence-electron chi connectivity index (χ0n) is 18.9. The molecule has 6 rings (SSSR count). The van der Waals surface area contributed by atoms with Crippen LogP contribution in [0.25, 0.3) is 38.3 Å². The summed E-state index contributed by atoms with van der Waals surface area (Å²) in [6, 6.07) is 30.3. The zero-order chi connectivity index (χ0) is 22.1. The van der Waals surface area contributed by atoms with E-state index in [0.717, 1.165) is 11.2 Å². The van der Waals surface area contributed by atoms with Crippen LogP contribution in [0, 0.1) is 0 Å². The third kappa shape index (κ3) is 2.76. The van der Waals surface area contributed by atoms with E-state index >= 15 is 0 Å². The predicted molar refractivity (Wildman–Crippen MR) is 134 cm³/mol. The minimum Gasteiger partial charge on any atom is -0.399 e. The Balaban J connectivity index is 1.53. The Kier molecular flexibility index (Phi) is 4.11. The summed E-state index contributed by atoms with van der Waals surface area (Å²) in [6.07, 6.45) is 0. The Hall–Kier alpha value is -3.08. The fraction of sp³-hybridized carbons (Fsp3) is 0.214. The summed E-state index contributed by atoms with van der Waals surface area (Å²) in [4.78, 5) is 0. The third-order valence-electron chi connectivity index (χ3n) is 7.24. The maximum absolute atomic E-state index is 6.25. The molecule has 0 saturated carbocycles. The molecule has 0 aliphatic carbocycles. The van der Waals surface area contributed by atoms with Crippen molar-refractivity contribution in [2.75, 3.05) is 0 Å². The Labute approximate surface area is 188 Å². The number of benzene rings is 4. The standard InChI is InChI=1S/C28H26BNO2/c1-27(2)28(3,4)32-29(31-27)20-14-16-21(17-15-20)30-25-12-8-7-11-23(25)24-18-13-19-9-5-6-10-22(19)26(24)30/h5-18H,1-4H3. The number of rotatable bonds is 2. The second kappa shape index (κ2) is 6.71. The molecular weight excluding hydrogens is 393 g/mol. The maximum Gasteiger partial charge on any atom is 0.494 e. The van der Waals surface area contributed by atoms with Gasteiger partial charge in [0.15, 0.2) is 0 Å². The maximum atomic E-state index is 6.25. The molecule has 0 N–H and O–H groups in total. The molecule has 0 atom stereocenters. The summed E-state index contributed by atoms with van der Waals surface area (Å²) in [6.45, 7) is 8.35. The topological polar surface area (TPSA) is 23.4 Å². The lowest BCUT2D eigenvalue weighted by Crippen LogP contribution is -2.41. The molecule has 158 valence electrons. The van der Waals surface area contributed by atoms with Gasteiger partial charge < -0.3 is 13.9 Å². The van der Waals surface area contributed by atoms with E-state index in [4.69, 9.17) is 9.31 Å². The van der Waals surface area contributed by atoms with E-state index in [9.17, 15) is 0 Å². The number of aromatic nitrogens is 1. The van der Waals surface area contributed by atoms with Gasteiger partial charge in [0, 0.05) is 21.8 Å². The highest BCUT2D eigenvalue weighted by atomic mass is 16.7. The van der Waals surface area contributed by atoms with Gasteiger partial charge in [0.05, 0.1) is 22.2 Å². The summed E-state index contributed by atoms with van der Waals surface area (Å²) < 4.78 is 14.9. The van der Waals surface area contributed by atoms with Crippen molar-refractivity contribution in [2.45, 2.75) is 38.9 Å². The minimum atomic E-state index is -0.354. The van der Waals surface area contributed by atoms with E-state index in [0.29, 0.717) is 0 Å². The predicted octanol–water partition coefficient (Wildman–Crippen LogP) is 6.24. The van der Waals surface area contributed by atoms with Gasteiger partial charge in [0.1, 0.15) is 0 Å². The quantitative estimate of drug-likeness (QED) is 0.317. The highest BCUT2D eigenvalue weighted by molar-refractivity contribution is 6.62. The molecule has 1 fully saturated rings. The number of hydrogen-bond acceptors (Lipinski definition) is 2. The SMILES string of the molecule is CC1(C)OB(c2ccc(-n3c4ccccc4c4ccc5ccccc5c43)cc2)OC1(C)C. The van der Waals surface area contributed by atoms with Crippen LogP contribution in [0.2, 0.25) is 0 Å². The lowest BCUT2D eigenvalue weighted by atomic mass is 9.79. The molecule has 1 saturated heterocycles. The zero-order valence-corrected chi connectivity index (χ0v) is 18.9. The first-order valence-corrected chi connectivity index (χ1v) is 11.2. The van der Waals surface area contributed by atoms with Crippen molar-refractivity contribution in [3.63, 3.8) is 0 Å². The van der Waals surface area contributed by atoms with Crippen LogP contribution in [0.15, 0.2) is 84.9 Å². The number of nitrogens with zero attached hydrogens (tertiary/aromatic N) is 1. The average Bonchev–Trinajstić information content (AvgIpc) is 3.24. The van der Waals surface area contributed by atoms with Crippen LogP contribution in [0.5, 0.6) is 0 Å². The van der Waals surface area contributed by atoms with Gasteiger partial charge in [-0.1, -0.05) is 66.7 Å². The lowest BCUT2D eigenvalue weighted by molar-refractivity contribution is 0.00578. The highest BCUT2D eigenvalue weighted by Gasteiger charge is 2.51. The largest absolute Gasteiger partial charge is 0.494 e. The normalized spacial score (nSPS) is 17.6. The van der Waals surface area contributed by atoms with Gasteiger partial charge in [0.2, 0.25) is 0 Å². The van der Waals surface area contributed by atoms with Crippen LogP contribution < -0.4 is 5.46 Å². The van der Waals surface area contributed by atoms with Crippen LogP contribution in [0.1, 0.15) is 27.7 Å². The third-order valence-corrected chi connectivity index (χ3v) is 7.24. The van der Waals surface area contributed by atoms with Gasteiger partial charge in [-0.05, 0) is 56.7 Å². The average molecular weight is 419 g/mol. The molecule has 2 heterocycles. The van der Waals surface area contributed by atoms with Crippen LogP contribution in [0.4, 0.5) is 0 Å². The van der Waals surface area contributed by atoms with Crippen molar-refractivity contribution in [1.29, 1.82) is 0 Å². The Morgan fingerprint density at radius 2 is 1.25 bits per heavy atom. The first-order valence-electron chi connectivity index (χ1n) is 11.2. The van der Waals surface area contributed by atoms with Gasteiger partial charge in [0.25, 0.3) is 0 Å². The molecule has 32 heavy (non-hydrogen) atoms. The van der Waals surface area contributed by atoms with E-state index < -0.39 is 0 Å². The Bertz CT molecular complexity index is 1460. The number of para-hydroxylation sites is 1. The molecule has 4 heteroatoms. The summed E-state index contributed by atoms with van der Waals surface area (Å²) >= 11 is 0. The molecule has 1 aliphatic heterocycles.